The number of hydrogen-bond acceptors (Lipinski definition) is 4. The molecular weight excluding hydrogens is 245 g/mol. The van der Waals surface area contributed by atoms with Crippen LogP contribution >= 0.6 is 0 Å². The molecule has 0 fully saturated rings. The van der Waals surface area contributed by atoms with Gasteiger partial charge in [0.2, 0.25) is 0 Å². The number of hydrogen-bond donors (Lipinski definition) is 2. The molecule has 7 heteroatoms. The first-order chi connectivity index (χ1) is 8.38. The van der Waals surface area contributed by atoms with E-state index in [4.69, 9.17) is 11.5 Å². The minimum Gasteiger partial charge on any atom is -0.384 e. The zero-order valence-electron chi connectivity index (χ0n) is 9.07. The van der Waals surface area contributed by atoms with E-state index in [1.54, 1.807) is 6.07 Å². The predicted octanol–water partition coefficient (Wildman–Crippen LogP) is 2.33. The fraction of sp³-hybridized carbons (Fsp3) is 0.0909. The van der Waals surface area contributed by atoms with Gasteiger partial charge in [-0.05, 0) is 18.2 Å². The third-order valence-corrected chi connectivity index (χ3v) is 2.34. The number of aromatic nitrogens is 2. The first-order valence-corrected chi connectivity index (χ1v) is 4.92. The van der Waals surface area contributed by atoms with Crippen molar-refractivity contribution in [2.45, 2.75) is 6.18 Å². The van der Waals surface area contributed by atoms with Crippen LogP contribution in [0.4, 0.5) is 24.8 Å². The molecule has 0 amide bonds. The fourth-order valence-corrected chi connectivity index (χ4v) is 1.44. The lowest BCUT2D eigenvalue weighted by Crippen LogP contribution is -2.10. The Bertz CT molecular complexity index is 563. The van der Waals surface area contributed by atoms with Crippen LogP contribution < -0.4 is 11.5 Å². The van der Waals surface area contributed by atoms with Gasteiger partial charge in [0, 0.05) is 23.5 Å². The van der Waals surface area contributed by atoms with E-state index in [-0.39, 0.29) is 11.4 Å². The van der Waals surface area contributed by atoms with Crippen LogP contribution in [-0.4, -0.2) is 9.97 Å². The van der Waals surface area contributed by atoms with Gasteiger partial charge in [0.25, 0.3) is 0 Å². The van der Waals surface area contributed by atoms with Gasteiger partial charge in [0.15, 0.2) is 0 Å². The highest BCUT2D eigenvalue weighted by Gasteiger charge is 2.34. The van der Waals surface area contributed by atoms with E-state index in [0.29, 0.717) is 5.56 Å². The summed E-state index contributed by atoms with van der Waals surface area (Å²) in [6, 6.07) is 4.00. The van der Waals surface area contributed by atoms with Crippen LogP contribution in [0.3, 0.4) is 0 Å². The second-order valence-corrected chi connectivity index (χ2v) is 3.63. The molecule has 2 aromatic heterocycles. The summed E-state index contributed by atoms with van der Waals surface area (Å²) in [6.45, 7) is 0. The molecule has 0 radical (unpaired) electrons. The van der Waals surface area contributed by atoms with Gasteiger partial charge in [-0.3, -0.25) is 0 Å². The van der Waals surface area contributed by atoms with Crippen molar-refractivity contribution < 1.29 is 13.2 Å². The molecule has 0 aliphatic heterocycles. The molecular formula is C11H9F3N4. The monoisotopic (exact) mass is 254 g/mol. The average Bonchev–Trinajstić information content (AvgIpc) is 2.29. The summed E-state index contributed by atoms with van der Waals surface area (Å²) in [5.74, 6) is -0.257. The van der Waals surface area contributed by atoms with Crippen molar-refractivity contribution in [2.75, 3.05) is 11.5 Å². The molecule has 0 bridgehead atoms. The van der Waals surface area contributed by atoms with Gasteiger partial charge in [-0.1, -0.05) is 0 Å². The third-order valence-electron chi connectivity index (χ3n) is 2.34. The predicted molar refractivity (Wildman–Crippen MR) is 61.3 cm³/mol. The molecule has 0 unspecified atom stereocenters. The summed E-state index contributed by atoms with van der Waals surface area (Å²) in [6.07, 6.45) is -1.89. The van der Waals surface area contributed by atoms with Gasteiger partial charge < -0.3 is 11.5 Å². The minimum atomic E-state index is -4.53. The number of nitrogens with two attached hydrogens (primary N) is 2. The first kappa shape index (κ1) is 12.2. The van der Waals surface area contributed by atoms with Crippen molar-refractivity contribution in [1.82, 2.24) is 9.97 Å². The number of nitrogens with zero attached hydrogens (tertiary/aromatic N) is 2. The Labute approximate surface area is 100 Å². The van der Waals surface area contributed by atoms with Crippen LogP contribution in [0.1, 0.15) is 5.56 Å². The molecule has 0 aliphatic carbocycles. The Morgan fingerprint density at radius 2 is 1.61 bits per heavy atom. The van der Waals surface area contributed by atoms with Crippen molar-refractivity contribution in [3.8, 4) is 11.1 Å². The quantitative estimate of drug-likeness (QED) is 0.818. The summed E-state index contributed by atoms with van der Waals surface area (Å²) < 4.78 is 38.0. The summed E-state index contributed by atoms with van der Waals surface area (Å²) in [4.78, 5) is 7.35. The number of anilines is 2. The van der Waals surface area contributed by atoms with Gasteiger partial charge in [-0.2, -0.15) is 13.2 Å². The maximum Gasteiger partial charge on any atom is 0.419 e. The second kappa shape index (κ2) is 4.17. The van der Waals surface area contributed by atoms with Crippen LogP contribution in [0.25, 0.3) is 11.1 Å². The second-order valence-electron chi connectivity index (χ2n) is 3.63. The smallest absolute Gasteiger partial charge is 0.384 e. The fourth-order valence-electron chi connectivity index (χ4n) is 1.44. The molecule has 4 N–H and O–H groups in total. The zero-order chi connectivity index (χ0) is 13.3. The molecule has 0 spiro atoms. The van der Waals surface area contributed by atoms with Crippen LogP contribution in [0.2, 0.25) is 0 Å². The molecule has 0 aromatic carbocycles. The van der Waals surface area contributed by atoms with E-state index in [1.165, 1.54) is 18.5 Å². The highest BCUT2D eigenvalue weighted by Crippen LogP contribution is 2.34. The van der Waals surface area contributed by atoms with Crippen molar-refractivity contribution in [3.05, 3.63) is 36.2 Å². The van der Waals surface area contributed by atoms with Gasteiger partial charge in [0.05, 0.1) is 5.56 Å². The van der Waals surface area contributed by atoms with E-state index in [2.05, 4.69) is 9.97 Å². The molecule has 2 heterocycles. The molecule has 94 valence electrons. The standard InChI is InChI=1S/C11H9F3N4/c12-11(13,14)8-3-7(5-18-10(8)16)6-1-2-9(15)17-4-6/h1-5H,(H2,15,17)(H2,16,18). The Hall–Kier alpha value is -2.31. The van der Waals surface area contributed by atoms with Gasteiger partial charge in [-0.25, -0.2) is 9.97 Å². The average molecular weight is 254 g/mol. The number of pyridine rings is 2. The highest BCUT2D eigenvalue weighted by atomic mass is 19.4. The van der Waals surface area contributed by atoms with Crippen LogP contribution in [0.5, 0.6) is 0 Å². The van der Waals surface area contributed by atoms with E-state index < -0.39 is 17.6 Å². The van der Waals surface area contributed by atoms with Crippen LogP contribution in [0.15, 0.2) is 30.6 Å². The lowest BCUT2D eigenvalue weighted by Gasteiger charge is -2.10. The maximum absolute atomic E-state index is 12.7. The van der Waals surface area contributed by atoms with E-state index >= 15 is 0 Å². The number of nitrogen functional groups attached to an aromatic ring is 2. The topological polar surface area (TPSA) is 77.8 Å². The normalized spacial score (nSPS) is 11.5. The largest absolute Gasteiger partial charge is 0.419 e. The van der Waals surface area contributed by atoms with E-state index in [0.717, 1.165) is 6.07 Å². The third kappa shape index (κ3) is 2.34. The lowest BCUT2D eigenvalue weighted by molar-refractivity contribution is -0.137. The molecule has 2 rings (SSSR count). The van der Waals surface area contributed by atoms with Crippen molar-refractivity contribution in [1.29, 1.82) is 0 Å². The minimum absolute atomic E-state index is 0.282. The summed E-state index contributed by atoms with van der Waals surface area (Å²) in [7, 11) is 0. The number of alkyl halides is 3. The van der Waals surface area contributed by atoms with Crippen molar-refractivity contribution in [3.63, 3.8) is 0 Å². The Morgan fingerprint density at radius 1 is 0.944 bits per heavy atom. The molecule has 18 heavy (non-hydrogen) atoms. The number of rotatable bonds is 1. The van der Waals surface area contributed by atoms with Crippen molar-refractivity contribution >= 4 is 11.6 Å². The summed E-state index contributed by atoms with van der Waals surface area (Å²) in [5.41, 5.74) is 10.4. The van der Waals surface area contributed by atoms with Crippen LogP contribution in [-0.2, 0) is 6.18 Å². The van der Waals surface area contributed by atoms with Crippen LogP contribution in [0, 0.1) is 0 Å². The molecule has 0 aliphatic rings. The first-order valence-electron chi connectivity index (χ1n) is 4.92. The molecule has 4 nitrogen and oxygen atoms in total. The maximum atomic E-state index is 12.7. The van der Waals surface area contributed by atoms with Crippen molar-refractivity contribution in [2.24, 2.45) is 0 Å². The van der Waals surface area contributed by atoms with Gasteiger partial charge in [0.1, 0.15) is 11.6 Å². The van der Waals surface area contributed by atoms with E-state index in [9.17, 15) is 13.2 Å². The molecule has 2 aromatic rings. The Balaban J connectivity index is 2.50. The summed E-state index contributed by atoms with van der Waals surface area (Å²) in [5, 5.41) is 0. The lowest BCUT2D eigenvalue weighted by atomic mass is 10.1. The molecule has 0 atom stereocenters. The number of halogens is 3. The highest BCUT2D eigenvalue weighted by molar-refractivity contribution is 5.65. The zero-order valence-corrected chi connectivity index (χ0v) is 9.07. The Morgan fingerprint density at radius 3 is 2.17 bits per heavy atom. The van der Waals surface area contributed by atoms with Gasteiger partial charge in [-0.15, -0.1) is 0 Å². The molecule has 0 saturated carbocycles. The van der Waals surface area contributed by atoms with E-state index in [1.807, 2.05) is 0 Å². The molecule has 0 saturated heterocycles. The van der Waals surface area contributed by atoms with Gasteiger partial charge >= 0.3 is 6.18 Å². The Kier molecular flexibility index (Phi) is 2.82. The summed E-state index contributed by atoms with van der Waals surface area (Å²) >= 11 is 0. The SMILES string of the molecule is Nc1ccc(-c2cnc(N)c(C(F)(F)F)c2)cn1.